The minimum Gasteiger partial charge on any atom is -0.480 e. The molecule has 0 fully saturated rings. The van der Waals surface area contributed by atoms with Gasteiger partial charge in [-0.3, -0.25) is 9.59 Å². The van der Waals surface area contributed by atoms with Gasteiger partial charge in [-0.1, -0.05) is 55.4 Å². The Labute approximate surface area is 122 Å². The molecule has 0 radical (unpaired) electrons. The summed E-state index contributed by atoms with van der Waals surface area (Å²) in [5.41, 5.74) is -2.26. The molecule has 0 amide bonds. The Kier molecular flexibility index (Phi) is 6.25. The highest BCUT2D eigenvalue weighted by Crippen LogP contribution is 2.46. The molecule has 4 heteroatoms. The normalized spacial score (nSPS) is 16.9. The van der Waals surface area contributed by atoms with Crippen LogP contribution < -0.4 is 0 Å². The van der Waals surface area contributed by atoms with Crippen LogP contribution in [0.15, 0.2) is 0 Å². The molecule has 0 aromatic heterocycles. The van der Waals surface area contributed by atoms with E-state index in [4.69, 9.17) is 4.74 Å². The predicted molar refractivity (Wildman–Crippen MR) is 79.4 cm³/mol. The van der Waals surface area contributed by atoms with E-state index in [1.54, 1.807) is 34.6 Å². The van der Waals surface area contributed by atoms with Crippen molar-refractivity contribution in [1.82, 2.24) is 0 Å². The molecule has 0 aliphatic carbocycles. The van der Waals surface area contributed by atoms with Crippen LogP contribution in [0.3, 0.4) is 0 Å². The second-order valence-corrected chi connectivity index (χ2v) is 7.11. The van der Waals surface area contributed by atoms with E-state index in [2.05, 4.69) is 0 Å². The maximum atomic E-state index is 12.7. The molecule has 0 aliphatic rings. The van der Waals surface area contributed by atoms with E-state index in [9.17, 15) is 14.7 Å². The van der Waals surface area contributed by atoms with Crippen LogP contribution in [0.25, 0.3) is 0 Å². The Bertz CT molecular complexity index is 352. The Balaban J connectivity index is 5.67. The van der Waals surface area contributed by atoms with Gasteiger partial charge in [0.05, 0.1) is 0 Å². The molecule has 118 valence electrons. The molecule has 2 unspecified atom stereocenters. The third kappa shape index (κ3) is 3.33. The van der Waals surface area contributed by atoms with Crippen molar-refractivity contribution in [2.24, 2.45) is 22.7 Å². The number of hydrogen-bond acceptors (Lipinski definition) is 3. The molecule has 2 atom stereocenters. The molecule has 20 heavy (non-hydrogen) atoms. The Hall–Kier alpha value is -1.06. The highest BCUT2D eigenvalue weighted by atomic mass is 16.5. The van der Waals surface area contributed by atoms with Crippen molar-refractivity contribution < 1.29 is 19.4 Å². The van der Waals surface area contributed by atoms with Crippen LogP contribution >= 0.6 is 0 Å². The minimum absolute atomic E-state index is 0.169. The van der Waals surface area contributed by atoms with E-state index in [1.807, 2.05) is 20.8 Å². The molecule has 0 aromatic carbocycles. The fraction of sp³-hybridized carbons (Fsp3) is 0.875. The molecule has 0 rings (SSSR count). The first-order valence-corrected chi connectivity index (χ1v) is 7.37. The molecule has 0 bridgehead atoms. The molecule has 0 aromatic rings. The molecule has 4 nitrogen and oxygen atoms in total. The lowest BCUT2D eigenvalue weighted by Crippen LogP contribution is -2.54. The summed E-state index contributed by atoms with van der Waals surface area (Å²) in [6, 6.07) is 0. The second-order valence-electron chi connectivity index (χ2n) is 7.11. The van der Waals surface area contributed by atoms with Gasteiger partial charge in [0.25, 0.3) is 0 Å². The van der Waals surface area contributed by atoms with Gasteiger partial charge < -0.3 is 9.84 Å². The standard InChI is InChI=1S/C16H30O4/c1-9-12(10(2)3)20-14(19)16(11(4)5,13(17)18)15(6,7)8/h10-12H,9H2,1-8H3,(H,17,18). The average molecular weight is 286 g/mol. The van der Waals surface area contributed by atoms with E-state index in [0.717, 1.165) is 0 Å². The van der Waals surface area contributed by atoms with Gasteiger partial charge in [0, 0.05) is 0 Å². The smallest absolute Gasteiger partial charge is 0.324 e. The number of ether oxygens (including phenoxy) is 1. The number of carboxylic acid groups (broad SMARTS) is 1. The van der Waals surface area contributed by atoms with Crippen LogP contribution in [0, 0.1) is 22.7 Å². The van der Waals surface area contributed by atoms with Gasteiger partial charge in [0.15, 0.2) is 5.41 Å². The first-order chi connectivity index (χ1) is 8.92. The quantitative estimate of drug-likeness (QED) is 0.597. The van der Waals surface area contributed by atoms with Gasteiger partial charge in [-0.2, -0.15) is 0 Å². The predicted octanol–water partition coefficient (Wildman–Crippen LogP) is 3.74. The fourth-order valence-electron chi connectivity index (χ4n) is 2.98. The molecule has 0 saturated heterocycles. The van der Waals surface area contributed by atoms with E-state index < -0.39 is 22.8 Å². The molecule has 0 heterocycles. The molecule has 0 spiro atoms. The van der Waals surface area contributed by atoms with Gasteiger partial charge in [0.1, 0.15) is 6.10 Å². The zero-order valence-electron chi connectivity index (χ0n) is 14.1. The Morgan fingerprint density at radius 2 is 1.55 bits per heavy atom. The van der Waals surface area contributed by atoms with Gasteiger partial charge in [-0.25, -0.2) is 0 Å². The summed E-state index contributed by atoms with van der Waals surface area (Å²) in [5, 5.41) is 9.72. The number of rotatable bonds is 6. The van der Waals surface area contributed by atoms with Crippen molar-refractivity contribution in [3.05, 3.63) is 0 Å². The monoisotopic (exact) mass is 286 g/mol. The SMILES string of the molecule is CCC(OC(=O)C(C(=O)O)(C(C)C)C(C)(C)C)C(C)C. The Morgan fingerprint density at radius 3 is 1.75 bits per heavy atom. The fourth-order valence-corrected chi connectivity index (χ4v) is 2.98. The summed E-state index contributed by atoms with van der Waals surface area (Å²) in [7, 11) is 0. The molecular formula is C16H30O4. The van der Waals surface area contributed by atoms with Crippen molar-refractivity contribution in [2.45, 2.75) is 67.9 Å². The van der Waals surface area contributed by atoms with Crippen molar-refractivity contribution >= 4 is 11.9 Å². The maximum Gasteiger partial charge on any atom is 0.324 e. The van der Waals surface area contributed by atoms with E-state index in [-0.39, 0.29) is 17.9 Å². The minimum atomic E-state index is -1.53. The van der Waals surface area contributed by atoms with Crippen LogP contribution in [-0.2, 0) is 14.3 Å². The number of aliphatic carboxylic acids is 1. The highest BCUT2D eigenvalue weighted by Gasteiger charge is 2.59. The zero-order valence-corrected chi connectivity index (χ0v) is 14.1. The summed E-state index contributed by atoms with van der Waals surface area (Å²) in [5.74, 6) is -1.91. The number of esters is 1. The lowest BCUT2D eigenvalue weighted by molar-refractivity contribution is -0.188. The molecule has 0 saturated carbocycles. The van der Waals surface area contributed by atoms with Gasteiger partial charge >= 0.3 is 11.9 Å². The van der Waals surface area contributed by atoms with Crippen LogP contribution in [0.5, 0.6) is 0 Å². The van der Waals surface area contributed by atoms with Crippen LogP contribution in [-0.4, -0.2) is 23.1 Å². The van der Waals surface area contributed by atoms with Crippen molar-refractivity contribution in [3.8, 4) is 0 Å². The summed E-state index contributed by atoms with van der Waals surface area (Å²) in [4.78, 5) is 24.6. The average Bonchev–Trinajstić information content (AvgIpc) is 2.22. The number of hydrogen-bond donors (Lipinski definition) is 1. The topological polar surface area (TPSA) is 63.6 Å². The van der Waals surface area contributed by atoms with Gasteiger partial charge in [0.2, 0.25) is 0 Å². The van der Waals surface area contributed by atoms with Crippen LogP contribution in [0.2, 0.25) is 0 Å². The van der Waals surface area contributed by atoms with E-state index >= 15 is 0 Å². The van der Waals surface area contributed by atoms with Crippen LogP contribution in [0.1, 0.15) is 61.8 Å². The third-order valence-electron chi connectivity index (χ3n) is 4.11. The summed E-state index contributed by atoms with van der Waals surface area (Å²) in [6.45, 7) is 14.7. The van der Waals surface area contributed by atoms with Crippen LogP contribution in [0.4, 0.5) is 0 Å². The number of carbonyl (C=O) groups excluding carboxylic acids is 1. The lowest BCUT2D eigenvalue weighted by Gasteiger charge is -2.42. The largest absolute Gasteiger partial charge is 0.480 e. The van der Waals surface area contributed by atoms with E-state index in [0.29, 0.717) is 6.42 Å². The lowest BCUT2D eigenvalue weighted by atomic mass is 9.60. The highest BCUT2D eigenvalue weighted by molar-refractivity contribution is 6.00. The van der Waals surface area contributed by atoms with Crippen molar-refractivity contribution in [3.63, 3.8) is 0 Å². The zero-order chi connectivity index (χ0) is 16.3. The summed E-state index contributed by atoms with van der Waals surface area (Å²) < 4.78 is 5.56. The maximum absolute atomic E-state index is 12.7. The first kappa shape index (κ1) is 18.9. The van der Waals surface area contributed by atoms with Gasteiger partial charge in [-0.05, 0) is 23.7 Å². The molecular weight excluding hydrogens is 256 g/mol. The van der Waals surface area contributed by atoms with Crippen molar-refractivity contribution in [1.29, 1.82) is 0 Å². The van der Waals surface area contributed by atoms with E-state index in [1.165, 1.54) is 0 Å². The first-order valence-electron chi connectivity index (χ1n) is 7.37. The number of carboxylic acids is 1. The second kappa shape index (κ2) is 6.59. The Morgan fingerprint density at radius 1 is 1.10 bits per heavy atom. The van der Waals surface area contributed by atoms with Crippen molar-refractivity contribution in [2.75, 3.05) is 0 Å². The third-order valence-corrected chi connectivity index (χ3v) is 4.11. The number of carbonyl (C=O) groups is 2. The van der Waals surface area contributed by atoms with Gasteiger partial charge in [-0.15, -0.1) is 0 Å². The summed E-state index contributed by atoms with van der Waals surface area (Å²) >= 11 is 0. The molecule has 1 N–H and O–H groups in total. The molecule has 0 aliphatic heterocycles. The summed E-state index contributed by atoms with van der Waals surface area (Å²) in [6.07, 6.45) is 0.434.